The molecule has 0 radical (unpaired) electrons. The van der Waals surface area contributed by atoms with Gasteiger partial charge >= 0.3 is 0 Å². The Hall–Kier alpha value is -3.55. The van der Waals surface area contributed by atoms with Crippen molar-refractivity contribution in [3.63, 3.8) is 0 Å². The summed E-state index contributed by atoms with van der Waals surface area (Å²) < 4.78 is 16.2. The van der Waals surface area contributed by atoms with Gasteiger partial charge in [0.2, 0.25) is 5.95 Å². The molecule has 2 aromatic heterocycles. The van der Waals surface area contributed by atoms with Crippen LogP contribution in [0.1, 0.15) is 48.4 Å². The van der Waals surface area contributed by atoms with Gasteiger partial charge in [-0.15, -0.1) is 0 Å². The number of likely N-dealkylation sites (N-methyl/N-ethyl adjacent to an activating group) is 1. The zero-order valence-electron chi connectivity index (χ0n) is 21.9. The molecule has 192 valence electrons. The Morgan fingerprint density at radius 2 is 1.97 bits per heavy atom. The fourth-order valence-electron chi connectivity index (χ4n) is 5.54. The number of hydrogen-bond acceptors (Lipinski definition) is 9. The van der Waals surface area contributed by atoms with E-state index in [0.717, 1.165) is 25.2 Å². The fraction of sp³-hybridized carbons (Fsp3) is 0.407. The first-order valence-electron chi connectivity index (χ1n) is 12.3. The van der Waals surface area contributed by atoms with Gasteiger partial charge in [-0.3, -0.25) is 0 Å². The molecule has 2 aliphatic rings. The molecule has 2 N–H and O–H groups in total. The van der Waals surface area contributed by atoms with Gasteiger partial charge in [0.25, 0.3) is 0 Å². The number of pyridine rings is 1. The van der Waals surface area contributed by atoms with Crippen molar-refractivity contribution in [2.45, 2.75) is 39.2 Å². The van der Waals surface area contributed by atoms with Crippen LogP contribution in [0.15, 0.2) is 40.9 Å². The average molecular weight is 517 g/mol. The second-order valence-electron chi connectivity index (χ2n) is 11.1. The summed E-state index contributed by atoms with van der Waals surface area (Å²) in [5, 5.41) is 16.1. The van der Waals surface area contributed by atoms with E-state index in [1.54, 1.807) is 30.7 Å². The van der Waals surface area contributed by atoms with Crippen LogP contribution >= 0.6 is 0 Å². The number of aromatic nitrogens is 3. The second-order valence-corrected chi connectivity index (χ2v) is 13.7. The summed E-state index contributed by atoms with van der Waals surface area (Å²) in [5.41, 5.74) is 5.76. The number of nitriles is 1. The predicted molar refractivity (Wildman–Crippen MR) is 147 cm³/mol. The predicted octanol–water partition coefficient (Wildman–Crippen LogP) is 5.09. The Morgan fingerprint density at radius 3 is 2.73 bits per heavy atom. The van der Waals surface area contributed by atoms with Crippen molar-refractivity contribution in [1.29, 1.82) is 5.26 Å². The molecule has 5 rings (SSSR count). The van der Waals surface area contributed by atoms with Crippen molar-refractivity contribution in [2.24, 2.45) is 9.78 Å². The highest BCUT2D eigenvalue weighted by Crippen LogP contribution is 2.46. The quantitative estimate of drug-likeness (QED) is 0.481. The normalized spacial score (nSPS) is 18.4. The zero-order valence-corrected chi connectivity index (χ0v) is 22.7. The molecule has 1 atom stereocenters. The van der Waals surface area contributed by atoms with Crippen molar-refractivity contribution >= 4 is 38.8 Å². The van der Waals surface area contributed by atoms with E-state index in [9.17, 15) is 9.47 Å². The third-order valence-electron chi connectivity index (χ3n) is 6.66. The summed E-state index contributed by atoms with van der Waals surface area (Å²) >= 11 is 0. The first-order valence-corrected chi connectivity index (χ1v) is 14.6. The lowest BCUT2D eigenvalue weighted by Crippen LogP contribution is -2.37. The number of nitrogens with one attached hydrogen (secondary N) is 2. The molecular weight excluding hydrogens is 484 g/mol. The topological polar surface area (TPSA) is 119 Å². The lowest BCUT2D eigenvalue weighted by Gasteiger charge is -2.43. The van der Waals surface area contributed by atoms with Crippen LogP contribution in [-0.4, -0.2) is 50.2 Å². The first-order chi connectivity index (χ1) is 17.5. The number of rotatable bonds is 5. The standard InChI is InChI=1S/C27H32N8OS/c1-27(2)11-17-9-21(10-18-15-35(3)16-19(12-27)24(17)18)30-26-29-14-20(13-28)25(33-26)32-22-7-6-8-23(31-22)34-37(4,5)36/h6-10,14,19H,11-12,15-16H2,1-5H3,(H2,29,30,31,32,33). The van der Waals surface area contributed by atoms with E-state index in [4.69, 9.17) is 0 Å². The van der Waals surface area contributed by atoms with Gasteiger partial charge in [-0.05, 0) is 72.2 Å². The van der Waals surface area contributed by atoms with Gasteiger partial charge in [0, 0.05) is 41.0 Å². The molecule has 0 saturated carbocycles. The third kappa shape index (κ3) is 5.73. The summed E-state index contributed by atoms with van der Waals surface area (Å²) in [4.78, 5) is 15.8. The fourth-order valence-corrected chi connectivity index (χ4v) is 6.09. The van der Waals surface area contributed by atoms with Gasteiger partial charge in [-0.1, -0.05) is 19.9 Å². The van der Waals surface area contributed by atoms with Gasteiger partial charge in [-0.2, -0.15) is 14.6 Å². The Balaban J connectivity index is 1.45. The lowest BCUT2D eigenvalue weighted by molar-refractivity contribution is 0.207. The largest absolute Gasteiger partial charge is 0.324 e. The van der Waals surface area contributed by atoms with Crippen LogP contribution in [0, 0.1) is 16.7 Å². The SMILES string of the molecule is CN1Cc2cc(Nc3ncc(C#N)c(Nc4cccc(N=S(C)(C)=O)n4)n3)cc3c2C(C1)CC(C)(C)C3. The highest BCUT2D eigenvalue weighted by Gasteiger charge is 2.36. The Morgan fingerprint density at radius 1 is 1.19 bits per heavy atom. The second kappa shape index (κ2) is 9.39. The number of hydrogen-bond donors (Lipinski definition) is 2. The first kappa shape index (κ1) is 25.1. The van der Waals surface area contributed by atoms with E-state index in [1.807, 2.05) is 0 Å². The summed E-state index contributed by atoms with van der Waals surface area (Å²) in [5.74, 6) is 2.07. The molecule has 1 aliphatic heterocycles. The maximum absolute atomic E-state index is 12.1. The molecule has 0 saturated heterocycles. The van der Waals surface area contributed by atoms with Crippen molar-refractivity contribution < 1.29 is 4.21 Å². The molecule has 10 heteroatoms. The average Bonchev–Trinajstić information content (AvgIpc) is 2.77. The van der Waals surface area contributed by atoms with E-state index in [2.05, 4.69) is 73.9 Å². The van der Waals surface area contributed by atoms with Crippen LogP contribution in [0.4, 0.5) is 29.1 Å². The maximum atomic E-state index is 12.1. The Labute approximate surface area is 218 Å². The molecule has 1 aliphatic carbocycles. The van der Waals surface area contributed by atoms with Gasteiger partial charge < -0.3 is 15.5 Å². The van der Waals surface area contributed by atoms with Gasteiger partial charge in [-0.25, -0.2) is 14.2 Å². The van der Waals surface area contributed by atoms with E-state index >= 15 is 0 Å². The van der Waals surface area contributed by atoms with Crippen molar-refractivity contribution in [1.82, 2.24) is 19.9 Å². The summed E-state index contributed by atoms with van der Waals surface area (Å²) in [6, 6.07) is 11.7. The minimum Gasteiger partial charge on any atom is -0.324 e. The minimum atomic E-state index is -2.35. The third-order valence-corrected chi connectivity index (χ3v) is 7.29. The molecule has 9 nitrogen and oxygen atoms in total. The molecule has 0 amide bonds. The molecule has 1 aromatic carbocycles. The van der Waals surface area contributed by atoms with Crippen molar-refractivity contribution in [3.05, 3.63) is 58.8 Å². The molecule has 37 heavy (non-hydrogen) atoms. The highest BCUT2D eigenvalue weighted by molar-refractivity contribution is 7.92. The molecule has 0 fully saturated rings. The van der Waals surface area contributed by atoms with Crippen LogP contribution in [-0.2, 0) is 22.7 Å². The smallest absolute Gasteiger partial charge is 0.229 e. The number of nitrogens with zero attached hydrogens (tertiary/aromatic N) is 6. The van der Waals surface area contributed by atoms with Gasteiger partial charge in [0.15, 0.2) is 11.6 Å². The van der Waals surface area contributed by atoms with Crippen LogP contribution in [0.2, 0.25) is 0 Å². The summed E-state index contributed by atoms with van der Waals surface area (Å²) in [6.45, 7) is 6.72. The van der Waals surface area contributed by atoms with Crippen LogP contribution < -0.4 is 10.6 Å². The van der Waals surface area contributed by atoms with E-state index in [0.29, 0.717) is 29.3 Å². The summed E-state index contributed by atoms with van der Waals surface area (Å²) in [6.07, 6.45) is 6.85. The van der Waals surface area contributed by atoms with Gasteiger partial charge in [0.05, 0.1) is 6.20 Å². The molecule has 0 spiro atoms. The maximum Gasteiger partial charge on any atom is 0.229 e. The van der Waals surface area contributed by atoms with Crippen LogP contribution in [0.5, 0.6) is 0 Å². The Bertz CT molecular complexity index is 1530. The van der Waals surface area contributed by atoms with Crippen LogP contribution in [0.3, 0.4) is 0 Å². The van der Waals surface area contributed by atoms with Crippen LogP contribution in [0.25, 0.3) is 0 Å². The van der Waals surface area contributed by atoms with E-state index < -0.39 is 9.73 Å². The molecule has 3 heterocycles. The number of anilines is 4. The Kier molecular flexibility index (Phi) is 6.38. The lowest BCUT2D eigenvalue weighted by atomic mass is 9.67. The monoisotopic (exact) mass is 516 g/mol. The molecule has 3 aromatic rings. The highest BCUT2D eigenvalue weighted by atomic mass is 32.2. The zero-order chi connectivity index (χ0) is 26.4. The van der Waals surface area contributed by atoms with E-state index in [1.165, 1.54) is 29.3 Å². The minimum absolute atomic E-state index is 0.254. The summed E-state index contributed by atoms with van der Waals surface area (Å²) in [7, 11) is -0.168. The molecule has 1 unspecified atom stereocenters. The molecule has 0 bridgehead atoms. The van der Waals surface area contributed by atoms with Crippen molar-refractivity contribution in [3.8, 4) is 6.07 Å². The number of benzene rings is 1. The van der Waals surface area contributed by atoms with Gasteiger partial charge in [0.1, 0.15) is 17.5 Å². The molecular formula is C27H32N8OS. The van der Waals surface area contributed by atoms with Crippen molar-refractivity contribution in [2.75, 3.05) is 36.7 Å². The van der Waals surface area contributed by atoms with E-state index in [-0.39, 0.29) is 11.0 Å².